The molecule has 0 aliphatic carbocycles. The second-order valence-corrected chi connectivity index (χ2v) is 7.00. The quantitative estimate of drug-likeness (QED) is 0.623. The van der Waals surface area contributed by atoms with Crippen molar-refractivity contribution in [2.45, 2.75) is 31.7 Å². The molecule has 5 heteroatoms. The topological polar surface area (TPSA) is 49.3 Å². The van der Waals surface area contributed by atoms with Crippen LogP contribution >= 0.6 is 23.4 Å². The van der Waals surface area contributed by atoms with Crippen LogP contribution in [0.1, 0.15) is 20.8 Å². The van der Waals surface area contributed by atoms with Gasteiger partial charge >= 0.3 is 5.97 Å². The van der Waals surface area contributed by atoms with Crippen molar-refractivity contribution >= 4 is 29.3 Å². The maximum Gasteiger partial charge on any atom is 0.321 e. The van der Waals surface area contributed by atoms with Crippen LogP contribution in [-0.2, 0) is 4.79 Å². The summed E-state index contributed by atoms with van der Waals surface area (Å²) >= 11 is 7.49. The number of rotatable bonds is 6. The zero-order valence-electron chi connectivity index (χ0n) is 11.4. The Morgan fingerprint density at radius 2 is 1.95 bits per heavy atom. The Morgan fingerprint density at radius 1 is 1.37 bits per heavy atom. The van der Waals surface area contributed by atoms with Gasteiger partial charge in [0.25, 0.3) is 0 Å². The summed E-state index contributed by atoms with van der Waals surface area (Å²) in [5.41, 5.74) is -0.295. The minimum atomic E-state index is -0.802. The Bertz CT molecular complexity index is 414. The Labute approximate surface area is 123 Å². The molecule has 0 amide bonds. The smallest absolute Gasteiger partial charge is 0.321 e. The molecule has 0 radical (unpaired) electrons. The van der Waals surface area contributed by atoms with Gasteiger partial charge in [-0.05, 0) is 29.7 Å². The lowest BCUT2D eigenvalue weighted by molar-refractivity contribution is -0.142. The maximum atomic E-state index is 11.2. The highest BCUT2D eigenvalue weighted by Crippen LogP contribution is 2.21. The monoisotopic (exact) mass is 301 g/mol. The number of benzene rings is 1. The molecule has 1 aromatic rings. The van der Waals surface area contributed by atoms with Crippen LogP contribution in [0.3, 0.4) is 0 Å². The van der Waals surface area contributed by atoms with Crippen LogP contribution in [0.25, 0.3) is 0 Å². The van der Waals surface area contributed by atoms with Crippen LogP contribution in [0.2, 0.25) is 5.02 Å². The number of nitrogens with one attached hydrogen (secondary N) is 1. The Kier molecular flexibility index (Phi) is 6.17. The first-order chi connectivity index (χ1) is 8.80. The molecule has 106 valence electrons. The van der Waals surface area contributed by atoms with Crippen molar-refractivity contribution in [1.82, 2.24) is 5.32 Å². The molecule has 0 aliphatic rings. The van der Waals surface area contributed by atoms with Crippen LogP contribution in [-0.4, -0.2) is 29.4 Å². The molecule has 0 bridgehead atoms. The molecular weight excluding hydrogens is 282 g/mol. The van der Waals surface area contributed by atoms with Crippen molar-refractivity contribution in [2.75, 3.05) is 12.3 Å². The van der Waals surface area contributed by atoms with Gasteiger partial charge in [0.2, 0.25) is 0 Å². The van der Waals surface area contributed by atoms with Gasteiger partial charge in [-0.15, -0.1) is 11.8 Å². The van der Waals surface area contributed by atoms with Crippen LogP contribution in [0.5, 0.6) is 0 Å². The van der Waals surface area contributed by atoms with Gasteiger partial charge in [-0.25, -0.2) is 0 Å². The van der Waals surface area contributed by atoms with E-state index in [1.807, 2.05) is 45.0 Å². The van der Waals surface area contributed by atoms with Gasteiger partial charge in [0.15, 0.2) is 0 Å². The van der Waals surface area contributed by atoms with Crippen LogP contribution in [0.15, 0.2) is 29.2 Å². The summed E-state index contributed by atoms with van der Waals surface area (Å²) in [4.78, 5) is 12.3. The number of halogens is 1. The largest absolute Gasteiger partial charge is 0.480 e. The molecule has 1 rings (SSSR count). The molecule has 19 heavy (non-hydrogen) atoms. The third-order valence-electron chi connectivity index (χ3n) is 2.65. The summed E-state index contributed by atoms with van der Waals surface area (Å²) in [6.07, 6.45) is 0. The van der Waals surface area contributed by atoms with Gasteiger partial charge in [0.1, 0.15) is 6.04 Å². The lowest BCUT2D eigenvalue weighted by Crippen LogP contribution is -2.47. The summed E-state index contributed by atoms with van der Waals surface area (Å²) in [6, 6.07) is 7.11. The van der Waals surface area contributed by atoms with E-state index in [-0.39, 0.29) is 5.41 Å². The van der Waals surface area contributed by atoms with Gasteiger partial charge in [-0.1, -0.05) is 32.4 Å². The van der Waals surface area contributed by atoms with E-state index in [0.29, 0.717) is 6.54 Å². The van der Waals surface area contributed by atoms with E-state index in [2.05, 4.69) is 5.32 Å². The fourth-order valence-electron chi connectivity index (χ4n) is 1.67. The SMILES string of the molecule is CC(C)(C)C(NCCSc1ccc(Cl)cc1)C(=O)O. The zero-order chi connectivity index (χ0) is 14.5. The number of thioether (sulfide) groups is 1. The van der Waals surface area contributed by atoms with E-state index in [4.69, 9.17) is 11.6 Å². The van der Waals surface area contributed by atoms with Gasteiger partial charge in [0, 0.05) is 22.2 Å². The van der Waals surface area contributed by atoms with Crippen molar-refractivity contribution in [1.29, 1.82) is 0 Å². The highest BCUT2D eigenvalue weighted by atomic mass is 35.5. The van der Waals surface area contributed by atoms with Crippen LogP contribution in [0.4, 0.5) is 0 Å². The van der Waals surface area contributed by atoms with E-state index in [1.54, 1.807) is 11.8 Å². The average Bonchev–Trinajstić information content (AvgIpc) is 2.29. The first kappa shape index (κ1) is 16.3. The Balaban J connectivity index is 2.37. The summed E-state index contributed by atoms with van der Waals surface area (Å²) < 4.78 is 0. The number of hydrogen-bond acceptors (Lipinski definition) is 3. The lowest BCUT2D eigenvalue weighted by atomic mass is 9.87. The molecule has 0 saturated heterocycles. The Morgan fingerprint density at radius 3 is 2.42 bits per heavy atom. The van der Waals surface area contributed by atoms with Crippen molar-refractivity contribution in [3.63, 3.8) is 0 Å². The van der Waals surface area contributed by atoms with E-state index < -0.39 is 12.0 Å². The molecule has 0 fully saturated rings. The summed E-state index contributed by atoms with van der Waals surface area (Å²) in [5, 5.41) is 13.0. The van der Waals surface area contributed by atoms with E-state index >= 15 is 0 Å². The second kappa shape index (κ2) is 7.17. The van der Waals surface area contributed by atoms with Crippen molar-refractivity contribution in [3.05, 3.63) is 29.3 Å². The van der Waals surface area contributed by atoms with Gasteiger partial charge in [0.05, 0.1) is 0 Å². The highest BCUT2D eigenvalue weighted by molar-refractivity contribution is 7.99. The van der Waals surface area contributed by atoms with Crippen LogP contribution < -0.4 is 5.32 Å². The van der Waals surface area contributed by atoms with Gasteiger partial charge < -0.3 is 10.4 Å². The number of carboxylic acids is 1. The molecule has 0 heterocycles. The molecule has 2 N–H and O–H groups in total. The predicted molar refractivity (Wildman–Crippen MR) is 81.1 cm³/mol. The van der Waals surface area contributed by atoms with E-state index in [9.17, 15) is 9.90 Å². The molecule has 0 spiro atoms. The molecule has 1 unspecified atom stereocenters. The van der Waals surface area contributed by atoms with E-state index in [1.165, 1.54) is 0 Å². The van der Waals surface area contributed by atoms with Crippen molar-refractivity contribution in [3.8, 4) is 0 Å². The molecule has 0 aromatic heterocycles. The van der Waals surface area contributed by atoms with Gasteiger partial charge in [-0.2, -0.15) is 0 Å². The molecular formula is C14H20ClNO2S. The standard InChI is InChI=1S/C14H20ClNO2S/c1-14(2,3)12(13(17)18)16-8-9-19-11-6-4-10(15)5-7-11/h4-7,12,16H,8-9H2,1-3H3,(H,17,18). The predicted octanol–water partition coefficient (Wildman–Crippen LogP) is 3.52. The number of carboxylic acid groups (broad SMARTS) is 1. The van der Waals surface area contributed by atoms with Crippen molar-refractivity contribution < 1.29 is 9.90 Å². The third kappa shape index (κ3) is 5.85. The third-order valence-corrected chi connectivity index (χ3v) is 3.91. The summed E-state index contributed by atoms with van der Waals surface area (Å²) in [7, 11) is 0. The number of carbonyl (C=O) groups is 1. The van der Waals surface area contributed by atoms with Crippen molar-refractivity contribution in [2.24, 2.45) is 5.41 Å². The Hall–Kier alpha value is -0.710. The first-order valence-electron chi connectivity index (χ1n) is 6.15. The number of aliphatic carboxylic acids is 1. The van der Waals surface area contributed by atoms with E-state index in [0.717, 1.165) is 15.7 Å². The molecule has 0 saturated carbocycles. The molecule has 1 atom stereocenters. The highest BCUT2D eigenvalue weighted by Gasteiger charge is 2.30. The fourth-order valence-corrected chi connectivity index (χ4v) is 2.58. The summed E-state index contributed by atoms with van der Waals surface area (Å²) in [5.74, 6) is 0.0191. The normalized spacial score (nSPS) is 13.3. The summed E-state index contributed by atoms with van der Waals surface area (Å²) in [6.45, 7) is 6.42. The van der Waals surface area contributed by atoms with Gasteiger partial charge in [-0.3, -0.25) is 4.79 Å². The average molecular weight is 302 g/mol. The maximum absolute atomic E-state index is 11.2. The lowest BCUT2D eigenvalue weighted by Gasteiger charge is -2.27. The van der Waals surface area contributed by atoms with Crippen LogP contribution in [0, 0.1) is 5.41 Å². The second-order valence-electron chi connectivity index (χ2n) is 5.39. The molecule has 3 nitrogen and oxygen atoms in total. The first-order valence-corrected chi connectivity index (χ1v) is 7.51. The molecule has 1 aromatic carbocycles. The minimum Gasteiger partial charge on any atom is -0.480 e. The minimum absolute atomic E-state index is 0.295. The zero-order valence-corrected chi connectivity index (χ0v) is 13.0. The molecule has 0 aliphatic heterocycles. The fraction of sp³-hybridized carbons (Fsp3) is 0.500. The number of hydrogen-bond donors (Lipinski definition) is 2.